The van der Waals surface area contributed by atoms with Crippen LogP contribution in [0.1, 0.15) is 75.2 Å². The average Bonchev–Trinajstić information content (AvgIpc) is 3.51. The maximum Gasteiger partial charge on any atom is 0.357 e. The molecule has 2 saturated carbocycles. The topological polar surface area (TPSA) is 140 Å². The van der Waals surface area contributed by atoms with Crippen LogP contribution in [0.3, 0.4) is 0 Å². The highest BCUT2D eigenvalue weighted by Crippen LogP contribution is 2.68. The van der Waals surface area contributed by atoms with Crippen LogP contribution in [0.5, 0.6) is 0 Å². The van der Waals surface area contributed by atoms with Gasteiger partial charge in [0.05, 0.1) is 28.8 Å². The van der Waals surface area contributed by atoms with Crippen LogP contribution in [-0.4, -0.2) is 64.5 Å². The lowest BCUT2D eigenvalue weighted by atomic mass is 9.48. The molecule has 3 aliphatic rings. The van der Waals surface area contributed by atoms with Gasteiger partial charge >= 0.3 is 23.9 Å². The number of rotatable bonds is 6. The van der Waals surface area contributed by atoms with Crippen molar-refractivity contribution < 1.29 is 47.3 Å². The Morgan fingerprint density at radius 1 is 0.902 bits per heavy atom. The predicted octanol–water partition coefficient (Wildman–Crippen LogP) is 3.90. The smallest absolute Gasteiger partial charge is 0.357 e. The SMILES string of the molecule is CC(=O)OC1C2C(OC(=O)c3ccoc3)C3(OC2(C)C)C(C)CCC(OC(C)=O)C3(C)C1OC(=O)c1ccccn1. The molecule has 220 valence electrons. The van der Waals surface area contributed by atoms with Gasteiger partial charge in [-0.05, 0) is 57.7 Å². The number of pyridine rings is 1. The number of furan rings is 1. The molecule has 1 aliphatic heterocycles. The van der Waals surface area contributed by atoms with Crippen molar-refractivity contribution in [1.82, 2.24) is 4.98 Å². The number of ether oxygens (including phenoxy) is 5. The summed E-state index contributed by atoms with van der Waals surface area (Å²) in [5.74, 6) is -3.55. The Balaban J connectivity index is 1.71. The van der Waals surface area contributed by atoms with Crippen LogP contribution in [0.4, 0.5) is 0 Å². The van der Waals surface area contributed by atoms with Crippen molar-refractivity contribution in [2.75, 3.05) is 0 Å². The first kappa shape index (κ1) is 28.8. The van der Waals surface area contributed by atoms with Crippen molar-refractivity contribution >= 4 is 23.9 Å². The lowest BCUT2D eigenvalue weighted by Gasteiger charge is -2.62. The van der Waals surface area contributed by atoms with E-state index in [-0.39, 0.29) is 17.2 Å². The van der Waals surface area contributed by atoms with Crippen molar-refractivity contribution in [1.29, 1.82) is 0 Å². The second-order valence-electron chi connectivity index (χ2n) is 11.8. The normalized spacial score (nSPS) is 35.1. The summed E-state index contributed by atoms with van der Waals surface area (Å²) in [6.07, 6.45) is 1.02. The Labute approximate surface area is 237 Å². The lowest BCUT2D eigenvalue weighted by molar-refractivity contribution is -0.296. The zero-order valence-electron chi connectivity index (χ0n) is 23.9. The van der Waals surface area contributed by atoms with Crippen molar-refractivity contribution in [2.45, 2.75) is 90.0 Å². The predicted molar refractivity (Wildman–Crippen MR) is 140 cm³/mol. The minimum absolute atomic E-state index is 0.0562. The molecule has 2 aromatic rings. The molecular formula is C30H35NO10. The van der Waals surface area contributed by atoms with Gasteiger partial charge in [0.1, 0.15) is 35.9 Å². The summed E-state index contributed by atoms with van der Waals surface area (Å²) in [6.45, 7) is 9.97. The largest absolute Gasteiger partial charge is 0.472 e. The minimum atomic E-state index is -1.33. The number of carbonyl (C=O) groups is 4. The van der Waals surface area contributed by atoms with E-state index in [9.17, 15) is 19.2 Å². The van der Waals surface area contributed by atoms with Gasteiger partial charge in [0.2, 0.25) is 0 Å². The van der Waals surface area contributed by atoms with Gasteiger partial charge in [0, 0.05) is 20.0 Å². The number of hydrogen-bond acceptors (Lipinski definition) is 11. The summed E-state index contributed by atoms with van der Waals surface area (Å²) in [5, 5.41) is 0. The van der Waals surface area contributed by atoms with E-state index in [1.165, 1.54) is 44.7 Å². The molecule has 0 aromatic carbocycles. The van der Waals surface area contributed by atoms with E-state index in [0.717, 1.165) is 0 Å². The molecule has 2 aromatic heterocycles. The van der Waals surface area contributed by atoms with Crippen molar-refractivity contribution in [3.05, 3.63) is 54.2 Å². The number of nitrogens with zero attached hydrogens (tertiary/aromatic N) is 1. The van der Waals surface area contributed by atoms with E-state index in [2.05, 4.69) is 4.98 Å². The van der Waals surface area contributed by atoms with E-state index in [4.69, 9.17) is 28.1 Å². The Hall–Kier alpha value is -3.73. The van der Waals surface area contributed by atoms with Gasteiger partial charge < -0.3 is 28.1 Å². The molecule has 3 fully saturated rings. The molecular weight excluding hydrogens is 534 g/mol. The number of carbonyl (C=O) groups excluding carboxylic acids is 4. The third kappa shape index (κ3) is 4.50. The number of fused-ring (bicyclic) bond motifs is 1. The Morgan fingerprint density at radius 2 is 1.61 bits per heavy atom. The fourth-order valence-electron chi connectivity index (χ4n) is 7.47. The molecule has 2 aliphatic carbocycles. The molecule has 0 radical (unpaired) electrons. The number of hydrogen-bond donors (Lipinski definition) is 0. The van der Waals surface area contributed by atoms with Crippen LogP contribution in [0.25, 0.3) is 0 Å². The molecule has 11 nitrogen and oxygen atoms in total. The second kappa shape index (κ2) is 10.3. The van der Waals surface area contributed by atoms with E-state index < -0.39 is 70.8 Å². The highest BCUT2D eigenvalue weighted by Gasteiger charge is 2.82. The van der Waals surface area contributed by atoms with Crippen molar-refractivity contribution in [3.63, 3.8) is 0 Å². The Kier molecular flexibility index (Phi) is 7.21. The molecule has 41 heavy (non-hydrogen) atoms. The average molecular weight is 570 g/mol. The van der Waals surface area contributed by atoms with Gasteiger partial charge in [0.25, 0.3) is 0 Å². The standard InChI is InChI=1S/C30H35NO10/c1-16-10-11-21(37-17(2)32)29(6)25(40-27(35)20-9-7-8-13-31-20)23(38-18(3)33)22-24(30(16,29)41-28(22,4)5)39-26(34)19-12-14-36-15-19/h7-9,12-16,21-25H,10-11H2,1-6H3. The monoisotopic (exact) mass is 569 g/mol. The summed E-state index contributed by atoms with van der Waals surface area (Å²) >= 11 is 0. The van der Waals surface area contributed by atoms with Gasteiger partial charge in [-0.2, -0.15) is 0 Å². The molecule has 5 rings (SSSR count). The van der Waals surface area contributed by atoms with Crippen LogP contribution >= 0.6 is 0 Å². The third-order valence-electron chi connectivity index (χ3n) is 9.04. The van der Waals surface area contributed by atoms with E-state index >= 15 is 0 Å². The summed E-state index contributed by atoms with van der Waals surface area (Å²) < 4.78 is 36.4. The fraction of sp³-hybridized carbons (Fsp3) is 0.567. The molecule has 8 atom stereocenters. The first-order valence-electron chi connectivity index (χ1n) is 13.7. The minimum Gasteiger partial charge on any atom is -0.472 e. The van der Waals surface area contributed by atoms with Crippen LogP contribution in [0.15, 0.2) is 47.4 Å². The Morgan fingerprint density at radius 3 is 2.22 bits per heavy atom. The summed E-state index contributed by atoms with van der Waals surface area (Å²) in [4.78, 5) is 56.0. The van der Waals surface area contributed by atoms with E-state index in [0.29, 0.717) is 12.8 Å². The van der Waals surface area contributed by atoms with Gasteiger partial charge in [-0.1, -0.05) is 13.0 Å². The van der Waals surface area contributed by atoms with E-state index in [1.807, 2.05) is 20.8 Å². The van der Waals surface area contributed by atoms with Crippen LogP contribution < -0.4 is 0 Å². The van der Waals surface area contributed by atoms with Gasteiger partial charge in [0.15, 0.2) is 6.10 Å². The first-order chi connectivity index (χ1) is 19.3. The van der Waals surface area contributed by atoms with Crippen molar-refractivity contribution in [3.8, 4) is 0 Å². The maximum atomic E-state index is 13.5. The molecule has 0 N–H and O–H groups in total. The van der Waals surface area contributed by atoms with E-state index in [1.54, 1.807) is 19.1 Å². The first-order valence-corrected chi connectivity index (χ1v) is 13.7. The van der Waals surface area contributed by atoms with Crippen LogP contribution in [0.2, 0.25) is 0 Å². The fourth-order valence-corrected chi connectivity index (χ4v) is 7.47. The van der Waals surface area contributed by atoms with Gasteiger partial charge in [-0.15, -0.1) is 0 Å². The number of aromatic nitrogens is 1. The zero-order chi connectivity index (χ0) is 29.7. The highest BCUT2D eigenvalue weighted by molar-refractivity contribution is 5.89. The molecule has 3 heterocycles. The Bertz CT molecular complexity index is 1320. The zero-order valence-corrected chi connectivity index (χ0v) is 23.9. The lowest BCUT2D eigenvalue weighted by Crippen LogP contribution is -2.76. The second-order valence-corrected chi connectivity index (χ2v) is 11.8. The maximum absolute atomic E-state index is 13.5. The molecule has 2 bridgehead atoms. The van der Waals surface area contributed by atoms with Crippen LogP contribution in [-0.2, 0) is 33.3 Å². The summed E-state index contributed by atoms with van der Waals surface area (Å²) in [7, 11) is 0. The summed E-state index contributed by atoms with van der Waals surface area (Å²) in [5.41, 5.74) is -3.40. The van der Waals surface area contributed by atoms with Crippen molar-refractivity contribution in [2.24, 2.45) is 17.3 Å². The van der Waals surface area contributed by atoms with Crippen LogP contribution in [0, 0.1) is 17.3 Å². The molecule has 1 spiro atoms. The number of esters is 4. The molecule has 1 saturated heterocycles. The molecule has 11 heteroatoms. The van der Waals surface area contributed by atoms with Gasteiger partial charge in [-0.3, -0.25) is 9.59 Å². The third-order valence-corrected chi connectivity index (χ3v) is 9.04. The molecule has 8 unspecified atom stereocenters. The molecule has 0 amide bonds. The van der Waals surface area contributed by atoms with Gasteiger partial charge in [-0.25, -0.2) is 14.6 Å². The summed E-state index contributed by atoms with van der Waals surface area (Å²) in [6, 6.07) is 6.33. The highest BCUT2D eigenvalue weighted by atomic mass is 16.6. The quantitative estimate of drug-likeness (QED) is 0.369.